The lowest BCUT2D eigenvalue weighted by Crippen LogP contribution is -2.31. The zero-order chi connectivity index (χ0) is 13.8. The second-order valence-corrected chi connectivity index (χ2v) is 6.98. The fraction of sp³-hybridized carbons (Fsp3) is 0.538. The van der Waals surface area contributed by atoms with Gasteiger partial charge in [0.25, 0.3) is 0 Å². The maximum absolute atomic E-state index is 12.1. The van der Waals surface area contributed by atoms with Gasteiger partial charge in [0.1, 0.15) is 0 Å². The van der Waals surface area contributed by atoms with Crippen molar-refractivity contribution in [2.75, 3.05) is 13.6 Å². The molecule has 1 aromatic rings. The molecule has 0 aromatic heterocycles. The van der Waals surface area contributed by atoms with Crippen molar-refractivity contribution in [2.24, 2.45) is 5.92 Å². The number of rotatable bonds is 6. The normalized spacial score (nSPS) is 12.3. The van der Waals surface area contributed by atoms with Crippen molar-refractivity contribution in [2.45, 2.75) is 26.2 Å². The zero-order valence-electron chi connectivity index (χ0n) is 11.1. The van der Waals surface area contributed by atoms with E-state index in [0.29, 0.717) is 18.0 Å². The second-order valence-electron chi connectivity index (χ2n) is 4.91. The average molecular weight is 271 g/mol. The van der Waals surface area contributed by atoms with Gasteiger partial charge in [-0.15, -0.1) is 0 Å². The number of nitrogens with zero attached hydrogens (tertiary/aromatic N) is 1. The van der Waals surface area contributed by atoms with Crippen LogP contribution in [-0.2, 0) is 22.4 Å². The molecule has 1 aromatic carbocycles. The number of aliphatic hydroxyl groups excluding tert-OH is 1. The number of hydrogen-bond donors (Lipinski definition) is 1. The molecule has 0 unspecified atom stereocenters. The summed E-state index contributed by atoms with van der Waals surface area (Å²) >= 11 is 0. The number of hydrogen-bond acceptors (Lipinski definition) is 3. The molecule has 0 aliphatic carbocycles. The molecule has 0 atom stereocenters. The predicted octanol–water partition coefficient (Wildman–Crippen LogP) is 1.60. The standard InChI is InChI=1S/C13H21NO3S/c1-11(2)8-14(3)18(16,17)10-13-6-4-5-12(7-13)9-15/h4-7,11,15H,8-10H2,1-3H3. The van der Waals surface area contributed by atoms with Gasteiger partial charge in [-0.25, -0.2) is 12.7 Å². The van der Waals surface area contributed by atoms with Gasteiger partial charge in [-0.2, -0.15) is 0 Å². The van der Waals surface area contributed by atoms with Crippen LogP contribution < -0.4 is 0 Å². The molecule has 1 N–H and O–H groups in total. The Labute approximate surface area is 109 Å². The van der Waals surface area contributed by atoms with Crippen LogP contribution in [0.15, 0.2) is 24.3 Å². The molecule has 0 saturated heterocycles. The highest BCUT2D eigenvalue weighted by Crippen LogP contribution is 2.13. The van der Waals surface area contributed by atoms with E-state index in [-0.39, 0.29) is 12.4 Å². The second kappa shape index (κ2) is 6.31. The Morgan fingerprint density at radius 3 is 2.44 bits per heavy atom. The minimum Gasteiger partial charge on any atom is -0.392 e. The van der Waals surface area contributed by atoms with Crippen molar-refractivity contribution in [1.29, 1.82) is 0 Å². The summed E-state index contributed by atoms with van der Waals surface area (Å²) in [7, 11) is -1.68. The van der Waals surface area contributed by atoms with E-state index in [9.17, 15) is 8.42 Å². The van der Waals surface area contributed by atoms with E-state index in [4.69, 9.17) is 5.11 Å². The molecule has 0 amide bonds. The van der Waals surface area contributed by atoms with Gasteiger partial charge in [0, 0.05) is 13.6 Å². The number of sulfonamides is 1. The van der Waals surface area contributed by atoms with E-state index in [1.54, 1.807) is 31.3 Å². The first-order valence-electron chi connectivity index (χ1n) is 5.98. The van der Waals surface area contributed by atoms with Crippen LogP contribution in [0.2, 0.25) is 0 Å². The molecule has 102 valence electrons. The minimum absolute atomic E-state index is 0.0238. The highest BCUT2D eigenvalue weighted by molar-refractivity contribution is 7.88. The van der Waals surface area contributed by atoms with Gasteiger partial charge in [0.2, 0.25) is 10.0 Å². The maximum Gasteiger partial charge on any atom is 0.218 e. The van der Waals surface area contributed by atoms with Crippen molar-refractivity contribution in [3.05, 3.63) is 35.4 Å². The number of benzene rings is 1. The van der Waals surface area contributed by atoms with Gasteiger partial charge in [-0.1, -0.05) is 38.1 Å². The van der Waals surface area contributed by atoms with E-state index < -0.39 is 10.0 Å². The summed E-state index contributed by atoms with van der Waals surface area (Å²) in [5, 5.41) is 9.03. The lowest BCUT2D eigenvalue weighted by Gasteiger charge is -2.19. The van der Waals surface area contributed by atoms with Gasteiger partial charge in [-0.05, 0) is 17.0 Å². The van der Waals surface area contributed by atoms with Crippen LogP contribution in [0.3, 0.4) is 0 Å². The van der Waals surface area contributed by atoms with Crippen molar-refractivity contribution < 1.29 is 13.5 Å². The van der Waals surface area contributed by atoms with Gasteiger partial charge >= 0.3 is 0 Å². The molecule has 0 heterocycles. The highest BCUT2D eigenvalue weighted by atomic mass is 32.2. The average Bonchev–Trinajstić information content (AvgIpc) is 2.27. The third-order valence-corrected chi connectivity index (χ3v) is 4.42. The van der Waals surface area contributed by atoms with Gasteiger partial charge < -0.3 is 5.11 Å². The molecule has 0 spiro atoms. The molecule has 0 radical (unpaired) electrons. The lowest BCUT2D eigenvalue weighted by molar-refractivity contribution is 0.281. The fourth-order valence-corrected chi connectivity index (χ4v) is 3.11. The monoisotopic (exact) mass is 271 g/mol. The van der Waals surface area contributed by atoms with E-state index in [2.05, 4.69) is 0 Å². The van der Waals surface area contributed by atoms with E-state index in [0.717, 1.165) is 5.56 Å². The van der Waals surface area contributed by atoms with E-state index >= 15 is 0 Å². The summed E-state index contributed by atoms with van der Waals surface area (Å²) in [5.74, 6) is 0.276. The van der Waals surface area contributed by atoms with Crippen LogP contribution >= 0.6 is 0 Å². The molecule has 1 rings (SSSR count). The molecule has 0 aliphatic heterocycles. The molecular weight excluding hydrogens is 250 g/mol. The SMILES string of the molecule is CC(C)CN(C)S(=O)(=O)Cc1cccc(CO)c1. The van der Waals surface area contributed by atoms with Crippen molar-refractivity contribution >= 4 is 10.0 Å². The minimum atomic E-state index is -3.28. The Hall–Kier alpha value is -0.910. The molecule has 0 bridgehead atoms. The molecule has 5 heteroatoms. The molecule has 4 nitrogen and oxygen atoms in total. The number of aliphatic hydroxyl groups is 1. The summed E-state index contributed by atoms with van der Waals surface area (Å²) in [6.45, 7) is 4.41. The Kier molecular flexibility index (Phi) is 5.31. The summed E-state index contributed by atoms with van der Waals surface area (Å²) in [6.07, 6.45) is 0. The molecular formula is C13H21NO3S. The topological polar surface area (TPSA) is 57.6 Å². The van der Waals surface area contributed by atoms with Crippen LogP contribution in [0.1, 0.15) is 25.0 Å². The first-order valence-corrected chi connectivity index (χ1v) is 7.58. The Balaban J connectivity index is 2.81. The fourth-order valence-electron chi connectivity index (χ4n) is 1.77. The third-order valence-electron chi connectivity index (χ3n) is 2.62. The van der Waals surface area contributed by atoms with E-state index in [1.165, 1.54) is 4.31 Å². The summed E-state index contributed by atoms with van der Waals surface area (Å²) in [6, 6.07) is 7.02. The van der Waals surface area contributed by atoms with Crippen LogP contribution in [0.25, 0.3) is 0 Å². The summed E-state index contributed by atoms with van der Waals surface area (Å²) in [5.41, 5.74) is 1.44. The molecule has 0 aliphatic rings. The Bertz CT molecular complexity index is 483. The van der Waals surface area contributed by atoms with Crippen LogP contribution in [0.5, 0.6) is 0 Å². The lowest BCUT2D eigenvalue weighted by atomic mass is 10.1. The maximum atomic E-state index is 12.1. The third kappa shape index (κ3) is 4.40. The van der Waals surface area contributed by atoms with E-state index in [1.807, 2.05) is 13.8 Å². The highest BCUT2D eigenvalue weighted by Gasteiger charge is 2.19. The smallest absolute Gasteiger partial charge is 0.218 e. The summed E-state index contributed by atoms with van der Waals surface area (Å²) in [4.78, 5) is 0. The van der Waals surface area contributed by atoms with Crippen molar-refractivity contribution in [1.82, 2.24) is 4.31 Å². The Morgan fingerprint density at radius 2 is 1.89 bits per heavy atom. The first kappa shape index (κ1) is 15.1. The Morgan fingerprint density at radius 1 is 1.28 bits per heavy atom. The molecule has 0 fully saturated rings. The quantitative estimate of drug-likeness (QED) is 0.855. The van der Waals surface area contributed by atoms with Crippen LogP contribution in [-0.4, -0.2) is 31.4 Å². The first-order chi connectivity index (χ1) is 8.35. The molecule has 0 saturated carbocycles. The largest absolute Gasteiger partial charge is 0.392 e. The van der Waals surface area contributed by atoms with Gasteiger partial charge in [0.15, 0.2) is 0 Å². The zero-order valence-corrected chi connectivity index (χ0v) is 11.9. The van der Waals surface area contributed by atoms with Gasteiger partial charge in [0.05, 0.1) is 12.4 Å². The van der Waals surface area contributed by atoms with Crippen LogP contribution in [0, 0.1) is 5.92 Å². The molecule has 18 heavy (non-hydrogen) atoms. The van der Waals surface area contributed by atoms with Crippen molar-refractivity contribution in [3.8, 4) is 0 Å². The summed E-state index contributed by atoms with van der Waals surface area (Å²) < 4.78 is 25.6. The van der Waals surface area contributed by atoms with Crippen LogP contribution in [0.4, 0.5) is 0 Å². The van der Waals surface area contributed by atoms with Gasteiger partial charge in [-0.3, -0.25) is 0 Å². The predicted molar refractivity (Wildman–Crippen MR) is 72.5 cm³/mol. The van der Waals surface area contributed by atoms with Crippen molar-refractivity contribution in [3.63, 3.8) is 0 Å².